The molecule has 0 bridgehead atoms. The number of rotatable bonds is 7. The van der Waals surface area contributed by atoms with Gasteiger partial charge in [0.05, 0.1) is 6.54 Å². The van der Waals surface area contributed by atoms with Crippen LogP contribution >= 0.6 is 0 Å². The summed E-state index contributed by atoms with van der Waals surface area (Å²) in [6, 6.07) is 16.2. The molecule has 9 nitrogen and oxygen atoms in total. The number of aryl methyl sites for hydroxylation is 1. The van der Waals surface area contributed by atoms with Crippen LogP contribution in [0.25, 0.3) is 0 Å². The van der Waals surface area contributed by atoms with Crippen molar-refractivity contribution in [2.75, 3.05) is 11.1 Å². The Labute approximate surface area is 179 Å². The van der Waals surface area contributed by atoms with Gasteiger partial charge in [0.25, 0.3) is 5.91 Å². The molecule has 1 aliphatic rings. The molecular weight excluding hydrogens is 394 g/mol. The number of carbonyl (C=O) groups is 2. The van der Waals surface area contributed by atoms with Crippen molar-refractivity contribution in [1.29, 1.82) is 0 Å². The summed E-state index contributed by atoms with van der Waals surface area (Å²) < 4.78 is 0. The van der Waals surface area contributed by atoms with Gasteiger partial charge in [-0.25, -0.2) is 4.79 Å². The van der Waals surface area contributed by atoms with Crippen molar-refractivity contribution in [2.45, 2.75) is 32.4 Å². The number of hydrogen-bond donors (Lipinski definition) is 3. The van der Waals surface area contributed by atoms with Gasteiger partial charge in [-0.3, -0.25) is 9.69 Å². The van der Waals surface area contributed by atoms with Gasteiger partial charge < -0.3 is 16.4 Å². The van der Waals surface area contributed by atoms with E-state index in [2.05, 4.69) is 32.5 Å². The first-order chi connectivity index (χ1) is 15.0. The van der Waals surface area contributed by atoms with E-state index in [1.54, 1.807) is 0 Å². The maximum absolute atomic E-state index is 12.8. The van der Waals surface area contributed by atoms with Crippen LogP contribution in [-0.2, 0) is 24.2 Å². The summed E-state index contributed by atoms with van der Waals surface area (Å²) in [6.07, 6.45) is 1.25. The normalized spacial score (nSPS) is 15.8. The monoisotopic (exact) mass is 417 g/mol. The van der Waals surface area contributed by atoms with E-state index in [0.29, 0.717) is 6.42 Å². The highest BCUT2D eigenvalue weighted by Gasteiger charge is 2.38. The Kier molecular flexibility index (Phi) is 5.74. The third-order valence-corrected chi connectivity index (χ3v) is 5.03. The highest BCUT2D eigenvalue weighted by atomic mass is 16.2. The number of para-hydroxylation sites is 1. The van der Waals surface area contributed by atoms with Crippen LogP contribution in [0.5, 0.6) is 0 Å². The van der Waals surface area contributed by atoms with Crippen molar-refractivity contribution < 1.29 is 9.59 Å². The van der Waals surface area contributed by atoms with Gasteiger partial charge >= 0.3 is 6.03 Å². The molecule has 2 heterocycles. The fourth-order valence-corrected chi connectivity index (χ4v) is 3.49. The van der Waals surface area contributed by atoms with Crippen LogP contribution in [0.1, 0.15) is 23.9 Å². The molecule has 0 aliphatic carbocycles. The fourth-order valence-electron chi connectivity index (χ4n) is 3.49. The summed E-state index contributed by atoms with van der Waals surface area (Å²) in [7, 11) is 0. The summed E-state index contributed by atoms with van der Waals surface area (Å²) in [6.45, 7) is 1.96. The zero-order valence-corrected chi connectivity index (χ0v) is 17.1. The van der Waals surface area contributed by atoms with Gasteiger partial charge in [-0.1, -0.05) is 55.5 Å². The van der Waals surface area contributed by atoms with Gasteiger partial charge in [-0.2, -0.15) is 15.0 Å². The van der Waals surface area contributed by atoms with E-state index in [1.165, 1.54) is 0 Å². The topological polar surface area (TPSA) is 126 Å². The van der Waals surface area contributed by atoms with E-state index in [0.717, 1.165) is 28.1 Å². The quantitative estimate of drug-likeness (QED) is 0.504. The molecule has 1 aromatic heterocycles. The molecule has 1 fully saturated rings. The van der Waals surface area contributed by atoms with Crippen molar-refractivity contribution in [3.63, 3.8) is 0 Å². The minimum atomic E-state index is -0.622. The minimum Gasteiger partial charge on any atom is -0.368 e. The third-order valence-electron chi connectivity index (χ3n) is 5.03. The van der Waals surface area contributed by atoms with Gasteiger partial charge in [0.2, 0.25) is 11.9 Å². The van der Waals surface area contributed by atoms with E-state index in [4.69, 9.17) is 5.73 Å². The molecule has 3 amide bonds. The summed E-state index contributed by atoms with van der Waals surface area (Å²) in [5, 5.41) is 5.87. The zero-order valence-electron chi connectivity index (χ0n) is 17.1. The number of urea groups is 1. The second-order valence-electron chi connectivity index (χ2n) is 7.19. The Bertz CT molecular complexity index is 1100. The van der Waals surface area contributed by atoms with Crippen LogP contribution in [0.3, 0.4) is 0 Å². The Hall–Kier alpha value is -4.01. The van der Waals surface area contributed by atoms with Crippen molar-refractivity contribution in [3.05, 3.63) is 71.5 Å². The Morgan fingerprint density at radius 2 is 1.77 bits per heavy atom. The molecule has 4 N–H and O–H groups in total. The van der Waals surface area contributed by atoms with Crippen LogP contribution < -0.4 is 16.4 Å². The van der Waals surface area contributed by atoms with Crippen LogP contribution in [0.4, 0.5) is 22.4 Å². The number of nitrogens with zero attached hydrogens (tertiary/aromatic N) is 4. The van der Waals surface area contributed by atoms with Crippen LogP contribution in [0.15, 0.2) is 54.6 Å². The number of benzene rings is 2. The maximum atomic E-state index is 12.8. The fraction of sp³-hybridized carbons (Fsp3) is 0.227. The first-order valence-electron chi connectivity index (χ1n) is 10.0. The highest BCUT2D eigenvalue weighted by molar-refractivity contribution is 6.04. The molecule has 0 unspecified atom stereocenters. The Morgan fingerprint density at radius 3 is 2.55 bits per heavy atom. The van der Waals surface area contributed by atoms with Crippen LogP contribution in [0, 0.1) is 0 Å². The molecule has 158 valence electrons. The predicted molar refractivity (Wildman–Crippen MR) is 116 cm³/mol. The van der Waals surface area contributed by atoms with E-state index >= 15 is 0 Å². The predicted octanol–water partition coefficient (Wildman–Crippen LogP) is 2.42. The Morgan fingerprint density at radius 1 is 1.03 bits per heavy atom. The second kappa shape index (κ2) is 8.78. The number of amides is 3. The average Bonchev–Trinajstić information content (AvgIpc) is 3.02. The number of nitrogens with two attached hydrogens (primary N) is 1. The molecule has 0 saturated carbocycles. The summed E-state index contributed by atoms with van der Waals surface area (Å²) in [4.78, 5) is 38.9. The van der Waals surface area contributed by atoms with Crippen LogP contribution in [0.2, 0.25) is 0 Å². The molecule has 9 heteroatoms. The van der Waals surface area contributed by atoms with Gasteiger partial charge in [0.1, 0.15) is 6.04 Å². The summed E-state index contributed by atoms with van der Waals surface area (Å²) in [5.74, 6) is 0.178. The lowest BCUT2D eigenvalue weighted by molar-refractivity contribution is -0.127. The first-order valence-corrected chi connectivity index (χ1v) is 10.0. The number of carbonyl (C=O) groups excluding carboxylic acids is 2. The zero-order chi connectivity index (χ0) is 21.8. The van der Waals surface area contributed by atoms with Gasteiger partial charge in [0, 0.05) is 12.1 Å². The molecule has 0 spiro atoms. The lowest BCUT2D eigenvalue weighted by Crippen LogP contribution is -2.32. The number of nitrogens with one attached hydrogen (secondary N) is 2. The smallest absolute Gasteiger partial charge is 0.325 e. The SMILES string of the molecule is CCc1ccccc1Nc1nc(N)nc(CN2C(=O)N[C@H](Cc3ccccc3)C2=O)n1. The summed E-state index contributed by atoms with van der Waals surface area (Å²) in [5.41, 5.74) is 8.78. The number of imide groups is 1. The molecule has 1 aliphatic heterocycles. The van der Waals surface area contributed by atoms with E-state index in [9.17, 15) is 9.59 Å². The summed E-state index contributed by atoms with van der Waals surface area (Å²) >= 11 is 0. The molecule has 0 radical (unpaired) electrons. The Balaban J connectivity index is 1.50. The highest BCUT2D eigenvalue weighted by Crippen LogP contribution is 2.20. The lowest BCUT2D eigenvalue weighted by atomic mass is 10.1. The number of anilines is 3. The maximum Gasteiger partial charge on any atom is 0.325 e. The van der Waals surface area contributed by atoms with Crippen molar-refractivity contribution in [2.24, 2.45) is 0 Å². The first kappa shape index (κ1) is 20.3. The molecular formula is C22H23N7O2. The van der Waals surface area contributed by atoms with Crippen molar-refractivity contribution in [1.82, 2.24) is 25.2 Å². The van der Waals surface area contributed by atoms with Crippen molar-refractivity contribution >= 4 is 29.5 Å². The molecule has 31 heavy (non-hydrogen) atoms. The minimum absolute atomic E-state index is 0.00868. The number of aromatic nitrogens is 3. The lowest BCUT2D eigenvalue weighted by Gasteiger charge is -2.14. The van der Waals surface area contributed by atoms with E-state index in [1.807, 2.05) is 54.6 Å². The molecule has 2 aromatic carbocycles. The molecule has 1 saturated heterocycles. The molecule has 3 aromatic rings. The van der Waals surface area contributed by atoms with Gasteiger partial charge in [0.15, 0.2) is 5.82 Å². The standard InChI is InChI=1S/C22H23N7O2/c1-2-15-10-6-7-11-16(15)24-21-27-18(26-20(23)28-21)13-29-19(30)17(25-22(29)31)12-14-8-4-3-5-9-14/h3-11,17H,2,12-13H2,1H3,(H,25,31)(H3,23,24,26,27,28)/t17-/m1/s1. The molecule has 1 atom stereocenters. The number of nitrogen functional groups attached to an aromatic ring is 1. The molecule has 4 rings (SSSR count). The van der Waals surface area contributed by atoms with E-state index < -0.39 is 12.1 Å². The van der Waals surface area contributed by atoms with Crippen LogP contribution in [-0.4, -0.2) is 37.8 Å². The average molecular weight is 417 g/mol. The van der Waals surface area contributed by atoms with E-state index in [-0.39, 0.29) is 30.2 Å². The van der Waals surface area contributed by atoms with Gasteiger partial charge in [-0.15, -0.1) is 0 Å². The number of hydrogen-bond acceptors (Lipinski definition) is 7. The third kappa shape index (κ3) is 4.61. The van der Waals surface area contributed by atoms with Gasteiger partial charge in [-0.05, 0) is 23.6 Å². The largest absolute Gasteiger partial charge is 0.368 e. The van der Waals surface area contributed by atoms with Crippen molar-refractivity contribution in [3.8, 4) is 0 Å². The second-order valence-corrected chi connectivity index (χ2v) is 7.19.